The van der Waals surface area contributed by atoms with E-state index in [-0.39, 0.29) is 34.8 Å². The molecule has 4 heterocycles. The van der Waals surface area contributed by atoms with Crippen molar-refractivity contribution in [1.82, 2.24) is 20.2 Å². The molecule has 0 aromatic carbocycles. The second kappa shape index (κ2) is 12.9. The molecular weight excluding hydrogens is 603 g/mol. The lowest BCUT2D eigenvalue weighted by Crippen LogP contribution is -2.70. The molecule has 2 aromatic heterocycles. The summed E-state index contributed by atoms with van der Waals surface area (Å²) in [6.07, 6.45) is 3.16. The number of anilines is 1. The van der Waals surface area contributed by atoms with Crippen LogP contribution in [-0.4, -0.2) is 84.4 Å². The second-order valence-corrected chi connectivity index (χ2v) is 12.4. The molecule has 0 radical (unpaired) electrons. The number of fused-ring (bicyclic) bond motifs is 1. The summed E-state index contributed by atoms with van der Waals surface area (Å²) in [6.45, 7) is -0.268. The summed E-state index contributed by atoms with van der Waals surface area (Å²) in [6, 6.07) is -1.37. The quantitative estimate of drug-likeness (QED) is 0.0603. The average Bonchev–Trinajstić information content (AvgIpc) is 3.35. The molecule has 4 rings (SSSR count). The number of aliphatic hydroxyl groups is 1. The van der Waals surface area contributed by atoms with Crippen molar-refractivity contribution >= 4 is 75.5 Å². The Morgan fingerprint density at radius 3 is 2.73 bits per heavy atom. The SMILES string of the molecule is NC(N)=NC(CO)CSc1cnccc1SC1=C(C(=O)O)N2C(=O)[C@@H](NC(=O)C(N=O)c3csc(N)n3)[C@@H]2SC1. The van der Waals surface area contributed by atoms with Crippen LogP contribution in [0.4, 0.5) is 5.13 Å². The molecule has 9 N–H and O–H groups in total. The van der Waals surface area contributed by atoms with E-state index in [2.05, 4.69) is 25.5 Å². The van der Waals surface area contributed by atoms with Crippen molar-refractivity contribution in [2.75, 3.05) is 23.8 Å². The first-order chi connectivity index (χ1) is 19.1. The number of nitrogens with one attached hydrogen (secondary N) is 1. The largest absolute Gasteiger partial charge is 0.477 e. The molecule has 19 heteroatoms. The van der Waals surface area contributed by atoms with Gasteiger partial charge in [0.25, 0.3) is 11.8 Å². The van der Waals surface area contributed by atoms with E-state index in [0.717, 1.165) is 16.2 Å². The van der Waals surface area contributed by atoms with E-state index < -0.39 is 41.3 Å². The second-order valence-electron chi connectivity index (χ2n) is 8.22. The molecule has 0 bridgehead atoms. The number of carbonyl (C=O) groups is 3. The molecule has 1 saturated heterocycles. The zero-order valence-electron chi connectivity index (χ0n) is 20.4. The van der Waals surface area contributed by atoms with Crippen molar-refractivity contribution in [3.63, 3.8) is 0 Å². The number of nitrogens with two attached hydrogens (primary N) is 3. The molecule has 4 atom stereocenters. The van der Waals surface area contributed by atoms with Crippen molar-refractivity contribution in [1.29, 1.82) is 0 Å². The number of carboxylic acid groups (broad SMARTS) is 1. The fourth-order valence-corrected chi connectivity index (χ4v) is 8.03. The summed E-state index contributed by atoms with van der Waals surface area (Å²) in [4.78, 5) is 64.3. The topological polar surface area (TPSA) is 253 Å². The molecule has 1 fully saturated rings. The Balaban J connectivity index is 1.50. The Bertz CT molecular complexity index is 1380. The van der Waals surface area contributed by atoms with Crippen molar-refractivity contribution < 1.29 is 24.6 Å². The number of β-lactam (4-membered cyclic amide) rings is 1. The van der Waals surface area contributed by atoms with Crippen LogP contribution in [0.5, 0.6) is 0 Å². The molecule has 0 aliphatic carbocycles. The number of carbonyl (C=O) groups excluding carboxylic acids is 2. The number of nitroso groups, excluding NO2 is 1. The third kappa shape index (κ3) is 6.33. The Kier molecular flexibility index (Phi) is 9.51. The first-order valence-electron chi connectivity index (χ1n) is 11.3. The number of thiazole rings is 1. The number of nitrogen functional groups attached to an aromatic ring is 1. The summed E-state index contributed by atoms with van der Waals surface area (Å²) >= 11 is 4.83. The van der Waals surface area contributed by atoms with Gasteiger partial charge in [-0.3, -0.25) is 19.5 Å². The van der Waals surface area contributed by atoms with Crippen LogP contribution in [0.15, 0.2) is 54.4 Å². The standard InChI is InChI=1S/C21H23N9O6S4/c22-20(23)26-8(4-31)5-37-11-3-25-2-1-10(11)40-12-7-38-18-14(17(33)30(18)15(12)19(34)35)28-16(32)13(29-36)9-6-39-21(24)27-9/h1-3,6,8,13-14,18,31H,4-5,7H2,(H2,24,27)(H,28,32)(H,34,35)(H4,22,23,26)/t8?,13?,14-,18+/m1/s1. The van der Waals surface area contributed by atoms with Crippen molar-refractivity contribution in [3.05, 3.63) is 45.0 Å². The minimum Gasteiger partial charge on any atom is -0.477 e. The van der Waals surface area contributed by atoms with Crippen LogP contribution >= 0.6 is 46.6 Å². The average molecular weight is 626 g/mol. The van der Waals surface area contributed by atoms with Gasteiger partial charge in [0.1, 0.15) is 17.1 Å². The Morgan fingerprint density at radius 2 is 2.10 bits per heavy atom. The normalized spacial score (nSPS) is 19.7. The zero-order chi connectivity index (χ0) is 29.0. The number of rotatable bonds is 12. The number of aromatic nitrogens is 2. The lowest BCUT2D eigenvalue weighted by atomic mass is 10.0. The van der Waals surface area contributed by atoms with Crippen molar-refractivity contribution in [3.8, 4) is 0 Å². The molecule has 40 heavy (non-hydrogen) atoms. The molecule has 2 unspecified atom stereocenters. The highest BCUT2D eigenvalue weighted by atomic mass is 32.2. The van der Waals surface area contributed by atoms with Gasteiger partial charge in [0.05, 0.1) is 18.3 Å². The summed E-state index contributed by atoms with van der Waals surface area (Å²) in [5, 5.41) is 25.8. The summed E-state index contributed by atoms with van der Waals surface area (Å²) in [5.74, 6) is -2.33. The van der Waals surface area contributed by atoms with Crippen molar-refractivity contribution in [2.24, 2.45) is 21.6 Å². The first-order valence-corrected chi connectivity index (χ1v) is 15.1. The number of hydrogen-bond acceptors (Lipinski definition) is 14. The van der Waals surface area contributed by atoms with E-state index in [1.54, 1.807) is 18.5 Å². The van der Waals surface area contributed by atoms with Gasteiger partial charge in [0.2, 0.25) is 6.04 Å². The maximum absolute atomic E-state index is 13.0. The highest BCUT2D eigenvalue weighted by Gasteiger charge is 2.54. The predicted octanol–water partition coefficient (Wildman–Crippen LogP) is 0.143. The van der Waals surface area contributed by atoms with Gasteiger partial charge < -0.3 is 32.7 Å². The Hall–Kier alpha value is -3.39. The summed E-state index contributed by atoms with van der Waals surface area (Å²) in [7, 11) is 0. The highest BCUT2D eigenvalue weighted by Crippen LogP contribution is 2.46. The van der Waals surface area contributed by atoms with E-state index in [0.29, 0.717) is 20.4 Å². The fraction of sp³-hybridized carbons (Fsp3) is 0.333. The molecule has 2 amide bonds. The van der Waals surface area contributed by atoms with Crippen LogP contribution in [0.25, 0.3) is 0 Å². The molecule has 212 valence electrons. The van der Waals surface area contributed by atoms with Crippen LogP contribution in [0.3, 0.4) is 0 Å². The van der Waals surface area contributed by atoms with E-state index in [1.165, 1.54) is 40.7 Å². The highest BCUT2D eigenvalue weighted by molar-refractivity contribution is 8.07. The van der Waals surface area contributed by atoms with Crippen LogP contribution < -0.4 is 22.5 Å². The van der Waals surface area contributed by atoms with Gasteiger partial charge in [-0.05, 0) is 11.2 Å². The first kappa shape index (κ1) is 29.6. The van der Waals surface area contributed by atoms with Crippen molar-refractivity contribution in [2.45, 2.75) is 33.3 Å². The monoisotopic (exact) mass is 625 g/mol. The Labute approximate surface area is 243 Å². The summed E-state index contributed by atoms with van der Waals surface area (Å²) < 4.78 is 0. The van der Waals surface area contributed by atoms with Gasteiger partial charge in [-0.25, -0.2) is 14.8 Å². The minimum absolute atomic E-state index is 0.0642. The van der Waals surface area contributed by atoms with E-state index in [4.69, 9.17) is 17.2 Å². The molecule has 15 nitrogen and oxygen atoms in total. The molecule has 0 spiro atoms. The number of pyridine rings is 1. The predicted molar refractivity (Wildman–Crippen MR) is 152 cm³/mol. The van der Waals surface area contributed by atoms with Crippen LogP contribution in [0.2, 0.25) is 0 Å². The van der Waals surface area contributed by atoms with Gasteiger partial charge in [-0.2, -0.15) is 0 Å². The van der Waals surface area contributed by atoms with Crippen LogP contribution in [0.1, 0.15) is 11.7 Å². The number of thioether (sulfide) groups is 3. The van der Waals surface area contributed by atoms with Crippen LogP contribution in [0, 0.1) is 4.91 Å². The van der Waals surface area contributed by atoms with Gasteiger partial charge >= 0.3 is 5.97 Å². The van der Waals surface area contributed by atoms with Gasteiger partial charge in [0.15, 0.2) is 11.1 Å². The number of nitrogens with zero attached hydrogens (tertiary/aromatic N) is 5. The fourth-order valence-electron chi connectivity index (χ4n) is 3.78. The lowest BCUT2D eigenvalue weighted by Gasteiger charge is -2.49. The lowest BCUT2D eigenvalue weighted by molar-refractivity contribution is -0.150. The maximum Gasteiger partial charge on any atom is 0.353 e. The third-order valence-corrected chi connectivity index (χ3v) is 10.2. The van der Waals surface area contributed by atoms with Gasteiger partial charge in [-0.15, -0.1) is 39.8 Å². The molecular formula is C21H23N9O6S4. The van der Waals surface area contributed by atoms with E-state index >= 15 is 0 Å². The number of aliphatic carboxylic acids is 1. The van der Waals surface area contributed by atoms with Gasteiger partial charge in [-0.1, -0.05) is 11.8 Å². The maximum atomic E-state index is 13.0. The molecule has 2 aliphatic heterocycles. The minimum atomic E-state index is -1.50. The van der Waals surface area contributed by atoms with Gasteiger partial charge in [0, 0.05) is 44.0 Å². The van der Waals surface area contributed by atoms with E-state index in [1.807, 2.05) is 0 Å². The van der Waals surface area contributed by atoms with Crippen LogP contribution in [-0.2, 0) is 14.4 Å². The van der Waals surface area contributed by atoms with E-state index in [9.17, 15) is 29.5 Å². The number of carboxylic acids is 1. The number of guanidine groups is 1. The number of hydrogen-bond donors (Lipinski definition) is 6. The third-order valence-electron chi connectivity index (χ3n) is 5.56. The number of amides is 2. The zero-order valence-corrected chi connectivity index (χ0v) is 23.6. The summed E-state index contributed by atoms with van der Waals surface area (Å²) in [5.41, 5.74) is 16.3. The smallest absolute Gasteiger partial charge is 0.353 e. The molecule has 0 saturated carbocycles. The molecule has 2 aliphatic rings. The number of aliphatic imine (C=N–C) groups is 1. The molecule has 2 aromatic rings. The Morgan fingerprint density at radius 1 is 1.32 bits per heavy atom. The number of aliphatic hydroxyl groups excluding tert-OH is 1.